The van der Waals surface area contributed by atoms with Crippen LogP contribution in [0.2, 0.25) is 0 Å². The van der Waals surface area contributed by atoms with Crippen LogP contribution in [0.1, 0.15) is 24.3 Å². The molecule has 3 nitrogen and oxygen atoms in total. The molecule has 0 aliphatic carbocycles. The highest BCUT2D eigenvalue weighted by Gasteiger charge is 2.26. The van der Waals surface area contributed by atoms with Crippen LogP contribution in [0, 0.1) is 0 Å². The first-order valence-electron chi connectivity index (χ1n) is 5.42. The maximum absolute atomic E-state index is 11.2. The highest BCUT2D eigenvalue weighted by atomic mass is 79.9. The number of halogens is 2. The summed E-state index contributed by atoms with van der Waals surface area (Å²) in [6.07, 6.45) is 1.65. The molecule has 0 N–H and O–H groups in total. The number of benzene rings is 1. The van der Waals surface area contributed by atoms with Crippen LogP contribution in [0.4, 0.5) is 0 Å². The zero-order valence-electron chi connectivity index (χ0n) is 9.14. The summed E-state index contributed by atoms with van der Waals surface area (Å²) >= 11 is 3.40. The minimum Gasteiger partial charge on any atom is -0.195 e. The zero-order chi connectivity index (χ0) is 12.5. The fourth-order valence-electron chi connectivity index (χ4n) is 2.14. The van der Waals surface area contributed by atoms with E-state index in [1.165, 1.54) is 9.87 Å². The van der Waals surface area contributed by atoms with Gasteiger partial charge in [-0.3, -0.25) is 0 Å². The van der Waals surface area contributed by atoms with E-state index in [1.54, 1.807) is 0 Å². The molecule has 0 saturated carbocycles. The summed E-state index contributed by atoms with van der Waals surface area (Å²) in [6.45, 7) is 1.01. The van der Waals surface area contributed by atoms with E-state index in [2.05, 4.69) is 28.1 Å². The Bertz CT molecular complexity index is 481. The van der Waals surface area contributed by atoms with Gasteiger partial charge in [-0.25, -0.2) is 0 Å². The third-order valence-corrected chi connectivity index (χ3v) is 5.20. The van der Waals surface area contributed by atoms with Crippen LogP contribution in [-0.2, 0) is 9.24 Å². The average molecular weight is 339 g/mol. The molecule has 0 aromatic heterocycles. The van der Waals surface area contributed by atoms with Crippen molar-refractivity contribution in [1.82, 2.24) is 4.31 Å². The largest absolute Gasteiger partial charge is 0.299 e. The van der Waals surface area contributed by atoms with Gasteiger partial charge in [0.15, 0.2) is 0 Å². The molecule has 1 aliphatic heterocycles. The second kappa shape index (κ2) is 5.26. The quantitative estimate of drug-likeness (QED) is 0.777. The molecular formula is C11H13BrClNO2S. The topological polar surface area (TPSA) is 37.4 Å². The van der Waals surface area contributed by atoms with Crippen LogP contribution in [0.15, 0.2) is 28.7 Å². The number of nitrogens with zero attached hydrogens (tertiary/aromatic N) is 1. The zero-order valence-corrected chi connectivity index (χ0v) is 12.3. The molecule has 1 aliphatic rings. The highest BCUT2D eigenvalue weighted by molar-refractivity contribution is 9.10. The van der Waals surface area contributed by atoms with Gasteiger partial charge in [-0.05, 0) is 36.5 Å². The average Bonchev–Trinajstić information content (AvgIpc) is 2.29. The Kier molecular flexibility index (Phi) is 4.13. The Morgan fingerprint density at radius 3 is 2.18 bits per heavy atom. The van der Waals surface area contributed by atoms with Crippen LogP contribution in [-0.4, -0.2) is 25.8 Å². The molecule has 0 amide bonds. The molecule has 0 bridgehead atoms. The summed E-state index contributed by atoms with van der Waals surface area (Å²) < 4.78 is 24.7. The number of piperidine rings is 1. The molecule has 17 heavy (non-hydrogen) atoms. The predicted molar refractivity (Wildman–Crippen MR) is 72.5 cm³/mol. The fourth-order valence-corrected chi connectivity index (χ4v) is 3.47. The molecule has 1 aromatic carbocycles. The molecule has 94 valence electrons. The van der Waals surface area contributed by atoms with Gasteiger partial charge in [0, 0.05) is 28.2 Å². The third kappa shape index (κ3) is 3.44. The van der Waals surface area contributed by atoms with Crippen LogP contribution in [0.25, 0.3) is 0 Å². The third-order valence-electron chi connectivity index (χ3n) is 3.10. The van der Waals surface area contributed by atoms with Crippen LogP contribution >= 0.6 is 26.6 Å². The van der Waals surface area contributed by atoms with E-state index in [1.807, 2.05) is 12.1 Å². The molecule has 0 atom stereocenters. The number of hydrogen-bond donors (Lipinski definition) is 0. The van der Waals surface area contributed by atoms with Gasteiger partial charge in [-0.1, -0.05) is 28.1 Å². The summed E-state index contributed by atoms with van der Waals surface area (Å²) in [5.74, 6) is 0.428. The molecular weight excluding hydrogens is 326 g/mol. The van der Waals surface area contributed by atoms with Gasteiger partial charge in [-0.2, -0.15) is 12.7 Å². The number of rotatable bonds is 2. The van der Waals surface area contributed by atoms with Gasteiger partial charge in [0.05, 0.1) is 0 Å². The lowest BCUT2D eigenvalue weighted by Crippen LogP contribution is -2.35. The molecule has 0 unspecified atom stereocenters. The summed E-state index contributed by atoms with van der Waals surface area (Å²) in [7, 11) is 1.78. The number of hydrogen-bond acceptors (Lipinski definition) is 2. The van der Waals surface area contributed by atoms with E-state index in [0.29, 0.717) is 19.0 Å². The normalized spacial score (nSPS) is 19.4. The molecule has 1 heterocycles. The van der Waals surface area contributed by atoms with Gasteiger partial charge in [0.1, 0.15) is 0 Å². The lowest BCUT2D eigenvalue weighted by molar-refractivity contribution is 0.325. The summed E-state index contributed by atoms with van der Waals surface area (Å²) in [4.78, 5) is 0. The molecule has 1 aromatic rings. The van der Waals surface area contributed by atoms with Gasteiger partial charge < -0.3 is 0 Å². The van der Waals surface area contributed by atoms with E-state index in [-0.39, 0.29) is 0 Å². The summed E-state index contributed by atoms with van der Waals surface area (Å²) in [5.41, 5.74) is 1.26. The molecule has 1 saturated heterocycles. The van der Waals surface area contributed by atoms with Gasteiger partial charge in [0.2, 0.25) is 0 Å². The Labute approximate surface area is 114 Å². The van der Waals surface area contributed by atoms with Crippen LogP contribution < -0.4 is 0 Å². The lowest BCUT2D eigenvalue weighted by atomic mass is 9.90. The Balaban J connectivity index is 2.02. The van der Waals surface area contributed by atoms with E-state index < -0.39 is 9.24 Å². The van der Waals surface area contributed by atoms with E-state index in [4.69, 9.17) is 10.7 Å². The fraction of sp³-hybridized carbons (Fsp3) is 0.455. The molecule has 0 spiro atoms. The monoisotopic (exact) mass is 337 g/mol. The highest BCUT2D eigenvalue weighted by Crippen LogP contribution is 2.30. The van der Waals surface area contributed by atoms with Crippen LogP contribution in [0.5, 0.6) is 0 Å². The van der Waals surface area contributed by atoms with E-state index in [0.717, 1.165) is 17.3 Å². The minimum absolute atomic E-state index is 0.428. The molecule has 1 fully saturated rings. The first kappa shape index (κ1) is 13.3. The van der Waals surface area contributed by atoms with Crippen molar-refractivity contribution >= 4 is 35.8 Å². The standard InChI is InChI=1S/C11H13BrClNO2S/c12-11-3-1-9(2-4-11)10-5-7-14(8-6-10)17(13,15)16/h1-4,10H,5-8H2. The van der Waals surface area contributed by atoms with Crippen molar-refractivity contribution in [2.45, 2.75) is 18.8 Å². The first-order valence-corrected chi connectivity index (χ1v) is 8.48. The molecule has 6 heteroatoms. The second-order valence-corrected chi connectivity index (χ2v) is 7.59. The van der Waals surface area contributed by atoms with Gasteiger partial charge in [-0.15, -0.1) is 0 Å². The maximum Gasteiger partial charge on any atom is 0.299 e. The first-order chi connectivity index (χ1) is 7.97. The molecule has 0 radical (unpaired) electrons. The van der Waals surface area contributed by atoms with Crippen molar-refractivity contribution in [2.24, 2.45) is 0 Å². The van der Waals surface area contributed by atoms with E-state index in [9.17, 15) is 8.42 Å². The minimum atomic E-state index is -3.54. The smallest absolute Gasteiger partial charge is 0.195 e. The van der Waals surface area contributed by atoms with Crippen molar-refractivity contribution in [2.75, 3.05) is 13.1 Å². The van der Waals surface area contributed by atoms with E-state index >= 15 is 0 Å². The molecule has 2 rings (SSSR count). The predicted octanol–water partition coefficient (Wildman–Crippen LogP) is 3.11. The van der Waals surface area contributed by atoms with Crippen molar-refractivity contribution in [3.05, 3.63) is 34.3 Å². The van der Waals surface area contributed by atoms with Crippen molar-refractivity contribution in [1.29, 1.82) is 0 Å². The summed E-state index contributed by atoms with van der Waals surface area (Å²) in [5, 5.41) is 0. The summed E-state index contributed by atoms with van der Waals surface area (Å²) in [6, 6.07) is 8.19. The van der Waals surface area contributed by atoms with Crippen molar-refractivity contribution in [3.63, 3.8) is 0 Å². The lowest BCUT2D eigenvalue weighted by Gasteiger charge is -2.29. The van der Waals surface area contributed by atoms with Crippen molar-refractivity contribution in [3.8, 4) is 0 Å². The Morgan fingerprint density at radius 2 is 1.71 bits per heavy atom. The maximum atomic E-state index is 11.2. The Hall–Kier alpha value is -0.100. The van der Waals surface area contributed by atoms with Gasteiger partial charge >= 0.3 is 0 Å². The Morgan fingerprint density at radius 1 is 1.18 bits per heavy atom. The van der Waals surface area contributed by atoms with Crippen molar-refractivity contribution < 1.29 is 8.42 Å². The van der Waals surface area contributed by atoms with Crippen LogP contribution in [0.3, 0.4) is 0 Å². The van der Waals surface area contributed by atoms with Gasteiger partial charge in [0.25, 0.3) is 9.24 Å². The SMILES string of the molecule is O=S(=O)(Cl)N1CCC(c2ccc(Br)cc2)CC1. The second-order valence-electron chi connectivity index (χ2n) is 4.17.